The van der Waals surface area contributed by atoms with Crippen LogP contribution in [0.4, 0.5) is 5.69 Å². The number of nitrogens with one attached hydrogen (secondary N) is 1. The summed E-state index contributed by atoms with van der Waals surface area (Å²) >= 11 is 0. The zero-order chi connectivity index (χ0) is 12.3. The molecular formula is C13H17NO3. The SMILES string of the molecule is CCOC(=O)C1(CC)CNc2ccccc2O1. The number of fused-ring (bicyclic) bond motifs is 1. The highest BCUT2D eigenvalue weighted by Crippen LogP contribution is 2.34. The Kier molecular flexibility index (Phi) is 3.22. The lowest BCUT2D eigenvalue weighted by Crippen LogP contribution is -2.53. The second-order valence-electron chi connectivity index (χ2n) is 4.02. The van der Waals surface area contributed by atoms with E-state index in [0.717, 1.165) is 5.69 Å². The van der Waals surface area contributed by atoms with Crippen LogP contribution < -0.4 is 10.1 Å². The minimum absolute atomic E-state index is 0.301. The van der Waals surface area contributed by atoms with Gasteiger partial charge in [0.2, 0.25) is 5.60 Å². The Hall–Kier alpha value is -1.71. The van der Waals surface area contributed by atoms with Crippen LogP contribution in [-0.4, -0.2) is 24.7 Å². The Bertz CT molecular complexity index is 419. The fraction of sp³-hybridized carbons (Fsp3) is 0.462. The van der Waals surface area contributed by atoms with Crippen molar-refractivity contribution in [2.45, 2.75) is 25.9 Å². The highest BCUT2D eigenvalue weighted by molar-refractivity contribution is 5.82. The van der Waals surface area contributed by atoms with Crippen LogP contribution in [0.5, 0.6) is 5.75 Å². The molecule has 4 heteroatoms. The fourth-order valence-electron chi connectivity index (χ4n) is 1.90. The molecular weight excluding hydrogens is 218 g/mol. The first-order valence-electron chi connectivity index (χ1n) is 5.91. The number of esters is 1. The number of benzene rings is 1. The van der Waals surface area contributed by atoms with Crippen molar-refractivity contribution >= 4 is 11.7 Å². The summed E-state index contributed by atoms with van der Waals surface area (Å²) < 4.78 is 10.9. The van der Waals surface area contributed by atoms with Crippen LogP contribution in [0.3, 0.4) is 0 Å². The number of carbonyl (C=O) groups excluding carboxylic acids is 1. The van der Waals surface area contributed by atoms with Crippen molar-refractivity contribution in [2.75, 3.05) is 18.5 Å². The van der Waals surface area contributed by atoms with Crippen molar-refractivity contribution in [3.63, 3.8) is 0 Å². The van der Waals surface area contributed by atoms with E-state index < -0.39 is 5.60 Å². The van der Waals surface area contributed by atoms with Gasteiger partial charge in [-0.05, 0) is 25.5 Å². The number of rotatable bonds is 3. The topological polar surface area (TPSA) is 47.6 Å². The van der Waals surface area contributed by atoms with Crippen LogP contribution in [0, 0.1) is 0 Å². The lowest BCUT2D eigenvalue weighted by Gasteiger charge is -2.36. The maximum Gasteiger partial charge on any atom is 0.352 e. The number of para-hydroxylation sites is 2. The molecule has 1 N–H and O–H groups in total. The minimum Gasteiger partial charge on any atom is -0.472 e. The summed E-state index contributed by atoms with van der Waals surface area (Å²) in [5.41, 5.74) is 0.0190. The molecule has 1 unspecified atom stereocenters. The van der Waals surface area contributed by atoms with Crippen molar-refractivity contribution in [2.24, 2.45) is 0 Å². The zero-order valence-corrected chi connectivity index (χ0v) is 10.2. The van der Waals surface area contributed by atoms with Gasteiger partial charge in [0.05, 0.1) is 18.8 Å². The van der Waals surface area contributed by atoms with Gasteiger partial charge in [0.1, 0.15) is 5.75 Å². The predicted molar refractivity (Wildman–Crippen MR) is 65.2 cm³/mol. The van der Waals surface area contributed by atoms with E-state index in [1.165, 1.54) is 0 Å². The summed E-state index contributed by atoms with van der Waals surface area (Å²) in [6, 6.07) is 7.60. The first kappa shape index (κ1) is 11.8. The van der Waals surface area contributed by atoms with Crippen LogP contribution in [0.25, 0.3) is 0 Å². The van der Waals surface area contributed by atoms with E-state index in [9.17, 15) is 4.79 Å². The Morgan fingerprint density at radius 3 is 2.94 bits per heavy atom. The van der Waals surface area contributed by atoms with Gasteiger partial charge in [-0.3, -0.25) is 0 Å². The number of carbonyl (C=O) groups is 1. The number of anilines is 1. The number of ether oxygens (including phenoxy) is 2. The van der Waals surface area contributed by atoms with Gasteiger partial charge < -0.3 is 14.8 Å². The van der Waals surface area contributed by atoms with Gasteiger partial charge in [0, 0.05) is 0 Å². The molecule has 4 nitrogen and oxygen atoms in total. The molecule has 1 aromatic rings. The van der Waals surface area contributed by atoms with Gasteiger partial charge in [0.15, 0.2) is 0 Å². The molecule has 1 aliphatic heterocycles. The summed E-state index contributed by atoms with van der Waals surface area (Å²) in [6.07, 6.45) is 0.577. The second kappa shape index (κ2) is 4.65. The third-order valence-corrected chi connectivity index (χ3v) is 2.98. The van der Waals surface area contributed by atoms with E-state index in [-0.39, 0.29) is 5.97 Å². The third kappa shape index (κ3) is 2.07. The van der Waals surface area contributed by atoms with Crippen molar-refractivity contribution in [3.8, 4) is 5.75 Å². The van der Waals surface area contributed by atoms with E-state index >= 15 is 0 Å². The molecule has 0 aromatic heterocycles. The molecule has 0 spiro atoms. The second-order valence-corrected chi connectivity index (χ2v) is 4.02. The highest BCUT2D eigenvalue weighted by atomic mass is 16.6. The average molecular weight is 235 g/mol. The zero-order valence-electron chi connectivity index (χ0n) is 10.2. The molecule has 0 saturated carbocycles. The van der Waals surface area contributed by atoms with Crippen molar-refractivity contribution in [1.82, 2.24) is 0 Å². The highest BCUT2D eigenvalue weighted by Gasteiger charge is 2.43. The Morgan fingerprint density at radius 1 is 1.47 bits per heavy atom. The van der Waals surface area contributed by atoms with Gasteiger partial charge in [0.25, 0.3) is 0 Å². The molecule has 1 atom stereocenters. The normalized spacial score (nSPS) is 22.0. The van der Waals surface area contributed by atoms with Crippen LogP contribution in [-0.2, 0) is 9.53 Å². The Morgan fingerprint density at radius 2 is 2.24 bits per heavy atom. The van der Waals surface area contributed by atoms with E-state index in [2.05, 4.69) is 5.32 Å². The summed E-state index contributed by atoms with van der Waals surface area (Å²) in [4.78, 5) is 12.0. The molecule has 0 aliphatic carbocycles. The van der Waals surface area contributed by atoms with E-state index in [0.29, 0.717) is 25.3 Å². The van der Waals surface area contributed by atoms with E-state index in [1.54, 1.807) is 6.92 Å². The van der Waals surface area contributed by atoms with Gasteiger partial charge >= 0.3 is 5.97 Å². The Labute approximate surface area is 101 Å². The predicted octanol–water partition coefficient (Wildman–Crippen LogP) is 2.20. The standard InChI is InChI=1S/C13H17NO3/c1-3-13(12(15)16-4-2)9-14-10-7-5-6-8-11(10)17-13/h5-8,14H,3-4,9H2,1-2H3. The average Bonchev–Trinajstić information content (AvgIpc) is 2.38. The van der Waals surface area contributed by atoms with Gasteiger partial charge in [-0.25, -0.2) is 4.79 Å². The van der Waals surface area contributed by atoms with Crippen molar-refractivity contribution in [1.29, 1.82) is 0 Å². The fourth-order valence-corrected chi connectivity index (χ4v) is 1.90. The molecule has 0 saturated heterocycles. The maximum absolute atomic E-state index is 12.0. The maximum atomic E-state index is 12.0. The summed E-state index contributed by atoms with van der Waals surface area (Å²) in [5, 5.41) is 3.22. The number of hydrogen-bond donors (Lipinski definition) is 1. The minimum atomic E-state index is -0.898. The first-order chi connectivity index (χ1) is 8.22. The van der Waals surface area contributed by atoms with Crippen LogP contribution in [0.2, 0.25) is 0 Å². The van der Waals surface area contributed by atoms with Crippen LogP contribution in [0.15, 0.2) is 24.3 Å². The molecule has 17 heavy (non-hydrogen) atoms. The molecule has 0 amide bonds. The van der Waals surface area contributed by atoms with Gasteiger partial charge in [-0.15, -0.1) is 0 Å². The number of hydrogen-bond acceptors (Lipinski definition) is 4. The van der Waals surface area contributed by atoms with Crippen molar-refractivity contribution in [3.05, 3.63) is 24.3 Å². The molecule has 1 aromatic carbocycles. The lowest BCUT2D eigenvalue weighted by molar-refractivity contribution is -0.161. The Balaban J connectivity index is 2.26. The summed E-state index contributed by atoms with van der Waals surface area (Å²) in [5.74, 6) is 0.401. The quantitative estimate of drug-likeness (QED) is 0.816. The molecule has 0 radical (unpaired) electrons. The summed E-state index contributed by atoms with van der Waals surface area (Å²) in [7, 11) is 0. The van der Waals surface area contributed by atoms with Crippen LogP contribution >= 0.6 is 0 Å². The molecule has 92 valence electrons. The van der Waals surface area contributed by atoms with Crippen molar-refractivity contribution < 1.29 is 14.3 Å². The largest absolute Gasteiger partial charge is 0.472 e. The van der Waals surface area contributed by atoms with Crippen LogP contribution in [0.1, 0.15) is 20.3 Å². The smallest absolute Gasteiger partial charge is 0.352 e. The molecule has 2 rings (SSSR count). The lowest BCUT2D eigenvalue weighted by atomic mass is 9.98. The van der Waals surface area contributed by atoms with Gasteiger partial charge in [-0.2, -0.15) is 0 Å². The molecule has 0 fully saturated rings. The van der Waals surface area contributed by atoms with E-state index in [4.69, 9.17) is 9.47 Å². The van der Waals surface area contributed by atoms with Gasteiger partial charge in [-0.1, -0.05) is 19.1 Å². The monoisotopic (exact) mass is 235 g/mol. The summed E-state index contributed by atoms with van der Waals surface area (Å²) in [6.45, 7) is 4.53. The molecule has 1 heterocycles. The molecule has 0 bridgehead atoms. The molecule has 1 aliphatic rings. The third-order valence-electron chi connectivity index (χ3n) is 2.98. The van der Waals surface area contributed by atoms with E-state index in [1.807, 2.05) is 31.2 Å². The first-order valence-corrected chi connectivity index (χ1v) is 5.91.